The van der Waals surface area contributed by atoms with E-state index >= 15 is 0 Å². The molecule has 0 bridgehead atoms. The number of anilines is 1. The molecule has 0 atom stereocenters. The molecule has 1 saturated heterocycles. The van der Waals surface area contributed by atoms with Crippen molar-refractivity contribution in [1.29, 1.82) is 0 Å². The van der Waals surface area contributed by atoms with Crippen LogP contribution in [0.4, 0.5) is 10.5 Å². The molecule has 19 heavy (non-hydrogen) atoms. The van der Waals surface area contributed by atoms with Crippen LogP contribution in [0.25, 0.3) is 0 Å². The Hall–Kier alpha value is -2.04. The lowest BCUT2D eigenvalue weighted by molar-refractivity contribution is -0.114. The molecule has 0 aliphatic carbocycles. The van der Waals surface area contributed by atoms with E-state index in [0.717, 1.165) is 37.2 Å². The first-order chi connectivity index (χ1) is 9.15. The van der Waals surface area contributed by atoms with Gasteiger partial charge in [-0.15, -0.1) is 0 Å². The summed E-state index contributed by atoms with van der Waals surface area (Å²) in [6.45, 7) is 3.64. The summed E-state index contributed by atoms with van der Waals surface area (Å²) in [7, 11) is 0. The third kappa shape index (κ3) is 3.98. The van der Waals surface area contributed by atoms with Crippen LogP contribution in [0, 0.1) is 0 Å². The standard InChI is InChI=1S/C14H19N3O2/c1-11(18)16-13-6-4-5-12(9-13)10-15-14(19)17-7-2-3-8-17/h4-6,9H,2-3,7-8,10H2,1H3,(H,15,19)(H,16,18). The van der Waals surface area contributed by atoms with Crippen molar-refractivity contribution in [1.82, 2.24) is 10.2 Å². The molecule has 2 rings (SSSR count). The van der Waals surface area contributed by atoms with Gasteiger partial charge in [0.1, 0.15) is 0 Å². The zero-order chi connectivity index (χ0) is 13.7. The van der Waals surface area contributed by atoms with Crippen LogP contribution in [-0.4, -0.2) is 29.9 Å². The van der Waals surface area contributed by atoms with Gasteiger partial charge in [0.25, 0.3) is 0 Å². The van der Waals surface area contributed by atoms with Crippen LogP contribution in [0.1, 0.15) is 25.3 Å². The van der Waals surface area contributed by atoms with Crippen LogP contribution in [-0.2, 0) is 11.3 Å². The van der Waals surface area contributed by atoms with Crippen molar-refractivity contribution in [2.75, 3.05) is 18.4 Å². The molecule has 1 aliphatic heterocycles. The molecule has 0 saturated carbocycles. The number of hydrogen-bond acceptors (Lipinski definition) is 2. The zero-order valence-corrected chi connectivity index (χ0v) is 11.1. The average molecular weight is 261 g/mol. The minimum Gasteiger partial charge on any atom is -0.334 e. The van der Waals surface area contributed by atoms with E-state index in [9.17, 15) is 9.59 Å². The molecule has 0 radical (unpaired) electrons. The van der Waals surface area contributed by atoms with Crippen molar-refractivity contribution in [2.45, 2.75) is 26.3 Å². The van der Waals surface area contributed by atoms with Gasteiger partial charge in [-0.05, 0) is 30.5 Å². The number of likely N-dealkylation sites (tertiary alicyclic amines) is 1. The summed E-state index contributed by atoms with van der Waals surface area (Å²) in [5.41, 5.74) is 1.72. The third-order valence-electron chi connectivity index (χ3n) is 3.08. The van der Waals surface area contributed by atoms with Crippen molar-refractivity contribution in [3.63, 3.8) is 0 Å². The summed E-state index contributed by atoms with van der Waals surface area (Å²) in [6, 6.07) is 7.47. The fraction of sp³-hybridized carbons (Fsp3) is 0.429. The smallest absolute Gasteiger partial charge is 0.317 e. The molecular formula is C14H19N3O2. The van der Waals surface area contributed by atoms with Crippen molar-refractivity contribution >= 4 is 17.6 Å². The summed E-state index contributed by atoms with van der Waals surface area (Å²) >= 11 is 0. The van der Waals surface area contributed by atoms with E-state index < -0.39 is 0 Å². The summed E-state index contributed by atoms with van der Waals surface area (Å²) in [4.78, 5) is 24.6. The number of rotatable bonds is 3. The first-order valence-corrected chi connectivity index (χ1v) is 6.54. The highest BCUT2D eigenvalue weighted by atomic mass is 16.2. The maximum atomic E-state index is 11.8. The molecule has 1 fully saturated rings. The first-order valence-electron chi connectivity index (χ1n) is 6.54. The van der Waals surface area contributed by atoms with Gasteiger partial charge in [-0.2, -0.15) is 0 Å². The van der Waals surface area contributed by atoms with Gasteiger partial charge in [-0.25, -0.2) is 4.79 Å². The van der Waals surface area contributed by atoms with E-state index in [1.807, 2.05) is 29.2 Å². The van der Waals surface area contributed by atoms with Gasteiger partial charge >= 0.3 is 6.03 Å². The molecule has 1 aliphatic rings. The fourth-order valence-corrected chi connectivity index (χ4v) is 2.17. The quantitative estimate of drug-likeness (QED) is 0.873. The number of amides is 3. The Kier molecular flexibility index (Phi) is 4.39. The third-order valence-corrected chi connectivity index (χ3v) is 3.08. The predicted molar refractivity (Wildman–Crippen MR) is 73.8 cm³/mol. The van der Waals surface area contributed by atoms with Crippen molar-refractivity contribution < 1.29 is 9.59 Å². The van der Waals surface area contributed by atoms with Gasteiger partial charge in [0, 0.05) is 32.2 Å². The molecule has 2 N–H and O–H groups in total. The number of urea groups is 1. The van der Waals surface area contributed by atoms with Crippen LogP contribution in [0.15, 0.2) is 24.3 Å². The van der Waals surface area contributed by atoms with Gasteiger partial charge in [-0.3, -0.25) is 4.79 Å². The largest absolute Gasteiger partial charge is 0.334 e. The predicted octanol–water partition coefficient (Wildman–Crippen LogP) is 1.95. The van der Waals surface area contributed by atoms with Crippen LogP contribution in [0.3, 0.4) is 0 Å². The Morgan fingerprint density at radius 3 is 2.68 bits per heavy atom. The molecule has 0 aromatic heterocycles. The van der Waals surface area contributed by atoms with Crippen molar-refractivity contribution in [2.24, 2.45) is 0 Å². The Labute approximate surface area is 113 Å². The van der Waals surface area contributed by atoms with Crippen LogP contribution < -0.4 is 10.6 Å². The molecule has 1 aromatic carbocycles. The van der Waals surface area contributed by atoms with E-state index in [0.29, 0.717) is 6.54 Å². The fourth-order valence-electron chi connectivity index (χ4n) is 2.17. The lowest BCUT2D eigenvalue weighted by Gasteiger charge is -2.16. The van der Waals surface area contributed by atoms with E-state index in [4.69, 9.17) is 0 Å². The van der Waals surface area contributed by atoms with Crippen molar-refractivity contribution in [3.05, 3.63) is 29.8 Å². The monoisotopic (exact) mass is 261 g/mol. The summed E-state index contributed by atoms with van der Waals surface area (Å²) < 4.78 is 0. The SMILES string of the molecule is CC(=O)Nc1cccc(CNC(=O)N2CCCC2)c1. The van der Waals surface area contributed by atoms with Crippen molar-refractivity contribution in [3.8, 4) is 0 Å². The Bertz CT molecular complexity index is 468. The van der Waals surface area contributed by atoms with E-state index in [1.54, 1.807) is 0 Å². The summed E-state index contributed by atoms with van der Waals surface area (Å²) in [5.74, 6) is -0.0988. The number of nitrogens with one attached hydrogen (secondary N) is 2. The van der Waals surface area contributed by atoms with Gasteiger partial charge in [0.05, 0.1) is 0 Å². The number of hydrogen-bond donors (Lipinski definition) is 2. The lowest BCUT2D eigenvalue weighted by Crippen LogP contribution is -2.37. The Morgan fingerprint density at radius 1 is 1.26 bits per heavy atom. The van der Waals surface area contributed by atoms with Crippen LogP contribution >= 0.6 is 0 Å². The molecule has 1 heterocycles. The molecule has 5 nitrogen and oxygen atoms in total. The molecule has 0 unspecified atom stereocenters. The Morgan fingerprint density at radius 2 is 2.00 bits per heavy atom. The highest BCUT2D eigenvalue weighted by molar-refractivity contribution is 5.88. The second-order valence-corrected chi connectivity index (χ2v) is 4.73. The molecule has 5 heteroatoms. The first kappa shape index (κ1) is 13.4. The second-order valence-electron chi connectivity index (χ2n) is 4.73. The molecule has 0 spiro atoms. The topological polar surface area (TPSA) is 61.4 Å². The molecular weight excluding hydrogens is 242 g/mol. The normalized spacial score (nSPS) is 14.3. The van der Waals surface area contributed by atoms with Crippen LogP contribution in [0.5, 0.6) is 0 Å². The van der Waals surface area contributed by atoms with Gasteiger partial charge < -0.3 is 15.5 Å². The second kappa shape index (κ2) is 6.22. The highest BCUT2D eigenvalue weighted by Gasteiger charge is 2.16. The van der Waals surface area contributed by atoms with Gasteiger partial charge in [-0.1, -0.05) is 12.1 Å². The van der Waals surface area contributed by atoms with E-state index in [1.165, 1.54) is 6.92 Å². The maximum Gasteiger partial charge on any atom is 0.317 e. The van der Waals surface area contributed by atoms with Crippen LogP contribution in [0.2, 0.25) is 0 Å². The number of carbonyl (C=O) groups excluding carboxylic acids is 2. The van der Waals surface area contributed by atoms with Gasteiger partial charge in [0.15, 0.2) is 0 Å². The van der Waals surface area contributed by atoms with Gasteiger partial charge in [0.2, 0.25) is 5.91 Å². The highest BCUT2D eigenvalue weighted by Crippen LogP contribution is 2.11. The van der Waals surface area contributed by atoms with E-state index in [2.05, 4.69) is 10.6 Å². The maximum absolute atomic E-state index is 11.8. The average Bonchev–Trinajstić information content (AvgIpc) is 2.89. The lowest BCUT2D eigenvalue weighted by atomic mass is 10.2. The Balaban J connectivity index is 1.88. The summed E-state index contributed by atoms with van der Waals surface area (Å²) in [6.07, 6.45) is 2.18. The minimum absolute atomic E-state index is 0.0116. The van der Waals surface area contributed by atoms with E-state index in [-0.39, 0.29) is 11.9 Å². The number of benzene rings is 1. The zero-order valence-electron chi connectivity index (χ0n) is 11.1. The molecule has 3 amide bonds. The number of carbonyl (C=O) groups is 2. The summed E-state index contributed by atoms with van der Waals surface area (Å²) in [5, 5.41) is 5.62. The minimum atomic E-state index is -0.0988. The molecule has 1 aromatic rings. The molecule has 102 valence electrons. The number of nitrogens with zero attached hydrogens (tertiary/aromatic N) is 1.